The van der Waals surface area contributed by atoms with Crippen LogP contribution in [0.5, 0.6) is 0 Å². The fourth-order valence-corrected chi connectivity index (χ4v) is 5.67. The Kier molecular flexibility index (Phi) is 5.36. The van der Waals surface area contributed by atoms with Gasteiger partial charge in [0, 0.05) is 61.2 Å². The third kappa shape index (κ3) is 3.59. The first-order valence-electron chi connectivity index (χ1n) is 11.8. The van der Waals surface area contributed by atoms with Crippen molar-refractivity contribution < 1.29 is 19.1 Å². The molecule has 1 unspecified atom stereocenters. The van der Waals surface area contributed by atoms with E-state index in [1.54, 1.807) is 0 Å². The Hall–Kier alpha value is -2.87. The lowest BCUT2D eigenvalue weighted by atomic mass is 9.83. The van der Waals surface area contributed by atoms with Crippen molar-refractivity contribution in [2.24, 2.45) is 0 Å². The molecule has 4 heterocycles. The van der Waals surface area contributed by atoms with E-state index in [2.05, 4.69) is 9.88 Å². The number of esters is 1. The van der Waals surface area contributed by atoms with Crippen LogP contribution in [0.4, 0.5) is 0 Å². The molecule has 1 amide bonds. The van der Waals surface area contributed by atoms with E-state index < -0.39 is 5.60 Å². The van der Waals surface area contributed by atoms with Crippen molar-refractivity contribution in [2.45, 2.75) is 31.1 Å². The second kappa shape index (κ2) is 8.41. The number of morpholine rings is 1. The molecule has 0 saturated carbocycles. The molecule has 3 aliphatic heterocycles. The molecule has 1 atom stereocenters. The number of carbonyl (C=O) groups is 2. The van der Waals surface area contributed by atoms with Crippen LogP contribution in [0.1, 0.15) is 39.1 Å². The summed E-state index contributed by atoms with van der Waals surface area (Å²) in [6.07, 6.45) is 3.15. The first-order chi connectivity index (χ1) is 16.5. The van der Waals surface area contributed by atoms with E-state index in [0.29, 0.717) is 55.2 Å². The van der Waals surface area contributed by atoms with Crippen molar-refractivity contribution in [1.82, 2.24) is 14.8 Å². The van der Waals surface area contributed by atoms with Gasteiger partial charge in [-0.25, -0.2) is 4.79 Å². The Morgan fingerprint density at radius 3 is 2.79 bits per heavy atom. The lowest BCUT2D eigenvalue weighted by Gasteiger charge is -2.38. The Balaban J connectivity index is 1.25. The molecule has 34 heavy (non-hydrogen) atoms. The van der Waals surface area contributed by atoms with Gasteiger partial charge in [-0.15, -0.1) is 0 Å². The lowest BCUT2D eigenvalue weighted by Crippen LogP contribution is -2.45. The maximum absolute atomic E-state index is 13.6. The van der Waals surface area contributed by atoms with Crippen LogP contribution in [0, 0.1) is 0 Å². The average Bonchev–Trinajstić information content (AvgIpc) is 3.35. The Morgan fingerprint density at radius 2 is 2.00 bits per heavy atom. The largest absolute Gasteiger partial charge is 0.450 e. The highest BCUT2D eigenvalue weighted by atomic mass is 35.5. The number of hydrogen-bond donors (Lipinski definition) is 1. The van der Waals surface area contributed by atoms with Crippen molar-refractivity contribution >= 4 is 34.4 Å². The second-order valence-electron chi connectivity index (χ2n) is 9.28. The predicted molar refractivity (Wildman–Crippen MR) is 128 cm³/mol. The molecule has 7 nitrogen and oxygen atoms in total. The molecule has 6 rings (SSSR count). The number of benzene rings is 2. The number of likely N-dealkylation sites (tertiary alicyclic amines) is 1. The first-order valence-corrected chi connectivity index (χ1v) is 12.1. The molecule has 0 bridgehead atoms. The number of fused-ring (bicyclic) bond motifs is 3. The van der Waals surface area contributed by atoms with Gasteiger partial charge in [0.1, 0.15) is 5.60 Å². The van der Waals surface area contributed by atoms with E-state index in [4.69, 9.17) is 21.1 Å². The van der Waals surface area contributed by atoms with Gasteiger partial charge in [0.15, 0.2) is 0 Å². The molecule has 1 aromatic heterocycles. The zero-order chi connectivity index (χ0) is 23.3. The molecule has 1 spiro atoms. The van der Waals surface area contributed by atoms with Crippen LogP contribution in [0.15, 0.2) is 48.7 Å². The van der Waals surface area contributed by atoms with Gasteiger partial charge < -0.3 is 24.3 Å². The van der Waals surface area contributed by atoms with Crippen molar-refractivity contribution in [3.05, 3.63) is 70.4 Å². The van der Waals surface area contributed by atoms with Crippen molar-refractivity contribution in [3.63, 3.8) is 0 Å². The van der Waals surface area contributed by atoms with Gasteiger partial charge in [-0.1, -0.05) is 35.9 Å². The number of carbonyl (C=O) groups excluding carboxylic acids is 2. The topological polar surface area (TPSA) is 72.8 Å². The summed E-state index contributed by atoms with van der Waals surface area (Å²) in [6.45, 7) is 4.01. The third-order valence-corrected chi connectivity index (χ3v) is 7.50. The number of halogens is 1. The number of rotatable bonds is 3. The minimum Gasteiger partial charge on any atom is -0.450 e. The molecule has 0 aliphatic carbocycles. The van der Waals surface area contributed by atoms with E-state index in [1.807, 2.05) is 53.6 Å². The maximum atomic E-state index is 13.6. The van der Waals surface area contributed by atoms with Crippen LogP contribution in [0.3, 0.4) is 0 Å². The Bertz CT molecular complexity index is 1270. The third-order valence-electron chi connectivity index (χ3n) is 7.26. The molecule has 2 aromatic carbocycles. The molecule has 3 aromatic rings. The molecular weight excluding hydrogens is 454 g/mol. The number of piperidine rings is 1. The lowest BCUT2D eigenvalue weighted by molar-refractivity contribution is -0.0389. The highest BCUT2D eigenvalue weighted by Crippen LogP contribution is 2.44. The normalized spacial score (nSPS) is 21.6. The second-order valence-corrected chi connectivity index (χ2v) is 9.71. The van der Waals surface area contributed by atoms with Crippen molar-refractivity contribution in [1.29, 1.82) is 0 Å². The molecule has 2 saturated heterocycles. The molecule has 2 fully saturated rings. The minimum atomic E-state index is -0.628. The number of amides is 1. The standard InChI is InChI=1S/C26H26ClN3O4/c27-17-5-6-19-21(16-30(23(19)13-17)15-18-14-28-9-12-33-18)24(31)29-10-7-26(8-11-29)22-4-2-1-3-20(22)25(32)34-26/h1-6,13,16,18,28H,7-12,14-15H2. The number of ether oxygens (including phenoxy) is 2. The molecule has 8 heteroatoms. The maximum Gasteiger partial charge on any atom is 0.339 e. The molecule has 3 aliphatic rings. The van der Waals surface area contributed by atoms with Crippen molar-refractivity contribution in [2.75, 3.05) is 32.8 Å². The van der Waals surface area contributed by atoms with Gasteiger partial charge in [-0.05, 0) is 18.2 Å². The summed E-state index contributed by atoms with van der Waals surface area (Å²) in [7, 11) is 0. The Morgan fingerprint density at radius 1 is 1.18 bits per heavy atom. The molecule has 1 N–H and O–H groups in total. The minimum absolute atomic E-state index is 0.0128. The van der Waals surface area contributed by atoms with E-state index in [1.165, 1.54) is 0 Å². The van der Waals surface area contributed by atoms with E-state index in [0.717, 1.165) is 29.6 Å². The summed E-state index contributed by atoms with van der Waals surface area (Å²) >= 11 is 6.30. The summed E-state index contributed by atoms with van der Waals surface area (Å²) in [4.78, 5) is 27.9. The van der Waals surface area contributed by atoms with Gasteiger partial charge in [0.2, 0.25) is 0 Å². The van der Waals surface area contributed by atoms with Gasteiger partial charge in [0.25, 0.3) is 5.91 Å². The predicted octanol–water partition coefficient (Wildman–Crippen LogP) is 3.59. The summed E-state index contributed by atoms with van der Waals surface area (Å²) in [6, 6.07) is 13.2. The highest BCUT2D eigenvalue weighted by Gasteiger charge is 2.47. The van der Waals surface area contributed by atoms with Gasteiger partial charge in [0.05, 0.1) is 35.9 Å². The van der Waals surface area contributed by atoms with Gasteiger partial charge >= 0.3 is 5.97 Å². The van der Waals surface area contributed by atoms with Crippen LogP contribution in [-0.4, -0.2) is 60.2 Å². The van der Waals surface area contributed by atoms with Gasteiger partial charge in [-0.3, -0.25) is 4.79 Å². The monoisotopic (exact) mass is 479 g/mol. The van der Waals surface area contributed by atoms with Crippen LogP contribution in [0.25, 0.3) is 10.9 Å². The fourth-order valence-electron chi connectivity index (χ4n) is 5.50. The van der Waals surface area contributed by atoms with Crippen LogP contribution in [-0.2, 0) is 21.6 Å². The smallest absolute Gasteiger partial charge is 0.339 e. The first kappa shape index (κ1) is 21.6. The SMILES string of the molecule is O=C1OC2(CCN(C(=O)c3cn(CC4CNCCO4)c4cc(Cl)ccc34)CC2)c2ccccc21. The molecular formula is C26H26ClN3O4. The highest BCUT2D eigenvalue weighted by molar-refractivity contribution is 6.31. The fraction of sp³-hybridized carbons (Fsp3) is 0.385. The zero-order valence-corrected chi connectivity index (χ0v) is 19.5. The number of nitrogens with one attached hydrogen (secondary N) is 1. The van der Waals surface area contributed by atoms with E-state index >= 15 is 0 Å². The van der Waals surface area contributed by atoms with Crippen molar-refractivity contribution in [3.8, 4) is 0 Å². The van der Waals surface area contributed by atoms with E-state index in [-0.39, 0.29) is 18.0 Å². The average molecular weight is 480 g/mol. The summed E-state index contributed by atoms with van der Waals surface area (Å²) < 4.78 is 13.8. The summed E-state index contributed by atoms with van der Waals surface area (Å²) in [5.74, 6) is -0.282. The van der Waals surface area contributed by atoms with E-state index in [9.17, 15) is 9.59 Å². The quantitative estimate of drug-likeness (QED) is 0.581. The van der Waals surface area contributed by atoms with Crippen LogP contribution in [0.2, 0.25) is 5.02 Å². The summed E-state index contributed by atoms with van der Waals surface area (Å²) in [5.41, 5.74) is 2.55. The van der Waals surface area contributed by atoms with Crippen LogP contribution < -0.4 is 5.32 Å². The molecule has 176 valence electrons. The number of hydrogen-bond acceptors (Lipinski definition) is 5. The van der Waals surface area contributed by atoms with Gasteiger partial charge in [-0.2, -0.15) is 0 Å². The zero-order valence-electron chi connectivity index (χ0n) is 18.8. The number of nitrogens with zero attached hydrogens (tertiary/aromatic N) is 2. The molecule has 0 radical (unpaired) electrons. The summed E-state index contributed by atoms with van der Waals surface area (Å²) in [5, 5.41) is 4.87. The van der Waals surface area contributed by atoms with Crippen LogP contribution >= 0.6 is 11.6 Å². The number of aromatic nitrogens is 1. The Labute approximate surface area is 202 Å².